The summed E-state index contributed by atoms with van der Waals surface area (Å²) in [4.78, 5) is 32.9. The first-order valence-electron chi connectivity index (χ1n) is 13.4. The quantitative estimate of drug-likeness (QED) is 0.186. The van der Waals surface area contributed by atoms with E-state index in [9.17, 15) is 18.0 Å². The summed E-state index contributed by atoms with van der Waals surface area (Å²) in [6.45, 7) is 2.04. The van der Waals surface area contributed by atoms with Crippen molar-refractivity contribution < 1.29 is 18.0 Å². The lowest BCUT2D eigenvalue weighted by molar-refractivity contribution is -0.122. The first-order valence-corrected chi connectivity index (χ1v) is 16.0. The Morgan fingerprint density at radius 1 is 0.952 bits per heavy atom. The zero-order valence-corrected chi connectivity index (χ0v) is 25.0. The molecule has 2 heterocycles. The smallest absolute Gasteiger partial charge is 0.252 e. The maximum atomic E-state index is 13.8. The Morgan fingerprint density at radius 2 is 1.71 bits per heavy atom. The summed E-state index contributed by atoms with van der Waals surface area (Å²) in [5, 5.41) is 1.37. The molecule has 1 aliphatic heterocycles. The van der Waals surface area contributed by atoms with Gasteiger partial charge in [0.15, 0.2) is 0 Å². The summed E-state index contributed by atoms with van der Waals surface area (Å²) in [6, 6.07) is 27.1. The van der Waals surface area contributed by atoms with Crippen molar-refractivity contribution in [2.24, 2.45) is 0 Å². The number of anilines is 1. The van der Waals surface area contributed by atoms with Crippen LogP contribution < -0.4 is 4.90 Å². The van der Waals surface area contributed by atoms with Gasteiger partial charge in [-0.15, -0.1) is 11.3 Å². The van der Waals surface area contributed by atoms with Crippen LogP contribution in [0.2, 0.25) is 5.02 Å². The molecule has 0 bridgehead atoms. The van der Waals surface area contributed by atoms with Crippen molar-refractivity contribution in [3.8, 4) is 10.6 Å². The Labute approximate surface area is 253 Å². The number of carbonyl (C=O) groups excluding carboxylic acids is 2. The van der Waals surface area contributed by atoms with Crippen LogP contribution in [0.25, 0.3) is 20.8 Å². The Hall–Kier alpha value is -3.89. The number of hydrogen-bond acceptors (Lipinski definition) is 6. The summed E-state index contributed by atoms with van der Waals surface area (Å²) in [6.07, 6.45) is 0.0698. The second kappa shape index (κ2) is 11.4. The number of amides is 2. The van der Waals surface area contributed by atoms with E-state index in [4.69, 9.17) is 16.6 Å². The number of aromatic nitrogens is 1. The predicted octanol–water partition coefficient (Wildman–Crippen LogP) is 6.49. The van der Waals surface area contributed by atoms with Gasteiger partial charge in [-0.1, -0.05) is 48.0 Å². The minimum absolute atomic E-state index is 0.00507. The van der Waals surface area contributed by atoms with E-state index in [0.717, 1.165) is 41.1 Å². The fourth-order valence-electron chi connectivity index (χ4n) is 5.12. The van der Waals surface area contributed by atoms with Gasteiger partial charge in [0.25, 0.3) is 5.91 Å². The molecule has 1 aliphatic rings. The molecule has 1 aromatic heterocycles. The predicted molar refractivity (Wildman–Crippen MR) is 166 cm³/mol. The van der Waals surface area contributed by atoms with Crippen LogP contribution in [0.5, 0.6) is 0 Å². The van der Waals surface area contributed by atoms with Crippen LogP contribution in [0.15, 0.2) is 102 Å². The average molecular weight is 616 g/mol. The van der Waals surface area contributed by atoms with Crippen LogP contribution in [0.3, 0.4) is 0 Å². The van der Waals surface area contributed by atoms with Crippen LogP contribution in [0.4, 0.5) is 5.69 Å². The molecule has 5 aromatic rings. The van der Waals surface area contributed by atoms with E-state index in [1.54, 1.807) is 59.9 Å². The highest BCUT2D eigenvalue weighted by molar-refractivity contribution is 7.89. The number of aryl methyl sites for hydroxylation is 1. The molecule has 4 aromatic carbocycles. The van der Waals surface area contributed by atoms with Gasteiger partial charge in [0.05, 0.1) is 27.2 Å². The molecule has 0 N–H and O–H groups in total. The van der Waals surface area contributed by atoms with E-state index < -0.39 is 27.9 Å². The molecule has 0 radical (unpaired) electrons. The summed E-state index contributed by atoms with van der Waals surface area (Å²) in [5.74, 6) is -1.03. The molecule has 0 saturated carbocycles. The van der Waals surface area contributed by atoms with Crippen molar-refractivity contribution in [1.82, 2.24) is 9.29 Å². The van der Waals surface area contributed by atoms with Gasteiger partial charge in [0.1, 0.15) is 11.0 Å². The first-order chi connectivity index (χ1) is 20.2. The molecule has 1 atom stereocenters. The number of benzene rings is 4. The van der Waals surface area contributed by atoms with Crippen molar-refractivity contribution in [2.45, 2.75) is 30.7 Å². The highest BCUT2D eigenvalue weighted by Crippen LogP contribution is 2.34. The molecule has 10 heteroatoms. The highest BCUT2D eigenvalue weighted by Gasteiger charge is 2.46. The molecule has 0 spiro atoms. The van der Waals surface area contributed by atoms with E-state index in [1.165, 1.54) is 12.1 Å². The van der Waals surface area contributed by atoms with Crippen molar-refractivity contribution in [1.29, 1.82) is 0 Å². The molecule has 1 saturated heterocycles. The van der Waals surface area contributed by atoms with Gasteiger partial charge in [0, 0.05) is 17.1 Å². The molecular formula is C32H26ClN3O4S2. The number of imide groups is 1. The average Bonchev–Trinajstić information content (AvgIpc) is 3.53. The van der Waals surface area contributed by atoms with E-state index in [1.807, 2.05) is 37.3 Å². The summed E-state index contributed by atoms with van der Waals surface area (Å²) >= 11 is 7.71. The second-order valence-corrected chi connectivity index (χ2v) is 13.5. The molecule has 2 amide bonds. The number of fused-ring (bicyclic) bond motifs is 1. The lowest BCUT2D eigenvalue weighted by atomic mass is 10.1. The first kappa shape index (κ1) is 28.2. The maximum Gasteiger partial charge on any atom is 0.252 e. The molecular weight excluding hydrogens is 590 g/mol. The van der Waals surface area contributed by atoms with Crippen molar-refractivity contribution in [3.63, 3.8) is 0 Å². The molecule has 212 valence electrons. The van der Waals surface area contributed by atoms with Gasteiger partial charge < -0.3 is 0 Å². The highest BCUT2D eigenvalue weighted by atomic mass is 35.5. The minimum Gasteiger partial charge on any atom is -0.274 e. The van der Waals surface area contributed by atoms with Gasteiger partial charge in [0.2, 0.25) is 15.9 Å². The van der Waals surface area contributed by atoms with Crippen molar-refractivity contribution in [2.75, 3.05) is 11.4 Å². The molecule has 6 rings (SSSR count). The van der Waals surface area contributed by atoms with E-state index in [2.05, 4.69) is 6.07 Å². The number of nitrogens with zero attached hydrogens (tertiary/aromatic N) is 3. The van der Waals surface area contributed by atoms with Gasteiger partial charge in [-0.25, -0.2) is 18.3 Å². The lowest BCUT2D eigenvalue weighted by Gasteiger charge is -2.27. The van der Waals surface area contributed by atoms with Crippen LogP contribution >= 0.6 is 22.9 Å². The largest absolute Gasteiger partial charge is 0.274 e. The van der Waals surface area contributed by atoms with Crippen LogP contribution in [-0.2, 0) is 26.0 Å². The normalized spacial score (nSPS) is 15.7. The van der Waals surface area contributed by atoms with Crippen LogP contribution in [-0.4, -0.2) is 42.1 Å². The third-order valence-corrected chi connectivity index (χ3v) is 10.5. The topological polar surface area (TPSA) is 87.7 Å². The zero-order valence-electron chi connectivity index (χ0n) is 22.6. The van der Waals surface area contributed by atoms with Gasteiger partial charge >= 0.3 is 0 Å². The standard InChI is InChI=1S/C32H26ClN3O4S2/c1-21-10-15-27-29(18-21)41-31(34-27)23-11-13-25(14-12-23)36-30(37)20-28(32(36)38)35(17-16-22-6-5-7-24(33)19-22)42(39,40)26-8-3-2-4-9-26/h2-15,18-19,28H,16-17,20H2,1H3. The van der Waals surface area contributed by atoms with E-state index in [-0.39, 0.29) is 17.9 Å². The van der Waals surface area contributed by atoms with E-state index in [0.29, 0.717) is 17.1 Å². The third-order valence-electron chi connectivity index (χ3n) is 7.25. The zero-order chi connectivity index (χ0) is 29.4. The number of rotatable bonds is 8. The second-order valence-electron chi connectivity index (χ2n) is 10.1. The number of halogens is 1. The van der Waals surface area contributed by atoms with Crippen LogP contribution in [0, 0.1) is 6.92 Å². The number of sulfonamides is 1. The van der Waals surface area contributed by atoms with E-state index >= 15 is 0 Å². The fraction of sp³-hybridized carbons (Fsp3) is 0.156. The molecule has 1 unspecified atom stereocenters. The summed E-state index contributed by atoms with van der Waals surface area (Å²) in [5.41, 5.74) is 4.15. The van der Waals surface area contributed by atoms with Gasteiger partial charge in [-0.2, -0.15) is 4.31 Å². The Balaban J connectivity index is 1.29. The Kier molecular flexibility index (Phi) is 7.67. The monoisotopic (exact) mass is 615 g/mol. The number of thiazole rings is 1. The molecule has 7 nitrogen and oxygen atoms in total. The summed E-state index contributed by atoms with van der Waals surface area (Å²) in [7, 11) is -4.09. The van der Waals surface area contributed by atoms with Gasteiger partial charge in [-0.3, -0.25) is 9.59 Å². The van der Waals surface area contributed by atoms with Gasteiger partial charge in [-0.05, 0) is 85.1 Å². The minimum atomic E-state index is -4.09. The maximum absolute atomic E-state index is 13.8. The van der Waals surface area contributed by atoms with Crippen LogP contribution in [0.1, 0.15) is 17.5 Å². The molecule has 1 fully saturated rings. The fourth-order valence-corrected chi connectivity index (χ4v) is 8.01. The molecule has 0 aliphatic carbocycles. The number of hydrogen-bond donors (Lipinski definition) is 0. The lowest BCUT2D eigenvalue weighted by Crippen LogP contribution is -2.46. The molecule has 42 heavy (non-hydrogen) atoms. The SMILES string of the molecule is Cc1ccc2nc(-c3ccc(N4C(=O)CC(N(CCc5cccc(Cl)c5)S(=O)(=O)c5ccccc5)C4=O)cc3)sc2c1. The summed E-state index contributed by atoms with van der Waals surface area (Å²) < 4.78 is 29.9. The van der Waals surface area contributed by atoms with Crippen molar-refractivity contribution >= 4 is 60.7 Å². The third kappa shape index (κ3) is 5.48. The Morgan fingerprint density at radius 3 is 2.45 bits per heavy atom. The van der Waals surface area contributed by atoms with Crippen molar-refractivity contribution in [3.05, 3.63) is 113 Å². The number of carbonyl (C=O) groups is 2. The Bertz CT molecular complexity index is 1910.